The fraction of sp³-hybridized carbons (Fsp3) is 0.400. The van der Waals surface area contributed by atoms with Crippen molar-refractivity contribution in [3.05, 3.63) is 24.3 Å². The average Bonchev–Trinajstić information content (AvgIpc) is 2.15. The van der Waals surface area contributed by atoms with Gasteiger partial charge in [0, 0.05) is 26.8 Å². The van der Waals surface area contributed by atoms with E-state index in [1.807, 2.05) is 31.1 Å². The molecule has 0 fully saturated rings. The normalized spacial score (nSPS) is 11.2. The molecule has 5 heteroatoms. The summed E-state index contributed by atoms with van der Waals surface area (Å²) in [7, 11) is 2.25. The summed E-state index contributed by atoms with van der Waals surface area (Å²) >= 11 is 0. The molecule has 0 aliphatic heterocycles. The van der Waals surface area contributed by atoms with Gasteiger partial charge in [0.15, 0.2) is 0 Å². The highest BCUT2D eigenvalue weighted by Crippen LogP contribution is 2.19. The van der Waals surface area contributed by atoms with Crippen molar-refractivity contribution in [2.24, 2.45) is 0 Å². The second-order valence-corrected chi connectivity index (χ2v) is 5.66. The van der Waals surface area contributed by atoms with Gasteiger partial charge in [-0.15, -0.1) is 0 Å². The van der Waals surface area contributed by atoms with E-state index in [4.69, 9.17) is 0 Å². The van der Waals surface area contributed by atoms with Gasteiger partial charge in [0.2, 0.25) is 10.0 Å². The van der Waals surface area contributed by atoms with E-state index in [-0.39, 0.29) is 0 Å². The second kappa shape index (κ2) is 4.10. The van der Waals surface area contributed by atoms with Gasteiger partial charge >= 0.3 is 0 Å². The van der Waals surface area contributed by atoms with Crippen LogP contribution in [0.25, 0.3) is 0 Å². The molecule has 0 aromatic heterocycles. The standard InChI is InChI=1S/C10H16N2O2S/c1-11(2)9-5-7-10(8-6-9)12(3)15(4,13)14/h5-8H,1-4H3. The van der Waals surface area contributed by atoms with E-state index in [1.165, 1.54) is 10.6 Å². The van der Waals surface area contributed by atoms with Crippen molar-refractivity contribution in [1.82, 2.24) is 0 Å². The number of nitrogens with zero attached hydrogens (tertiary/aromatic N) is 2. The Morgan fingerprint density at radius 3 is 1.67 bits per heavy atom. The van der Waals surface area contributed by atoms with Crippen LogP contribution in [0.15, 0.2) is 24.3 Å². The van der Waals surface area contributed by atoms with Crippen LogP contribution in [-0.4, -0.2) is 35.8 Å². The molecule has 1 aromatic rings. The van der Waals surface area contributed by atoms with Crippen molar-refractivity contribution < 1.29 is 8.42 Å². The van der Waals surface area contributed by atoms with Gasteiger partial charge in [-0.05, 0) is 24.3 Å². The van der Waals surface area contributed by atoms with Crippen molar-refractivity contribution in [1.29, 1.82) is 0 Å². The lowest BCUT2D eigenvalue weighted by molar-refractivity contribution is 0.600. The van der Waals surface area contributed by atoms with Crippen LogP contribution in [-0.2, 0) is 10.0 Å². The Morgan fingerprint density at radius 1 is 0.933 bits per heavy atom. The molecule has 4 nitrogen and oxygen atoms in total. The van der Waals surface area contributed by atoms with E-state index in [1.54, 1.807) is 19.2 Å². The maximum absolute atomic E-state index is 11.3. The minimum absolute atomic E-state index is 0.670. The largest absolute Gasteiger partial charge is 0.378 e. The first-order chi connectivity index (χ1) is 6.82. The molecule has 0 atom stereocenters. The van der Waals surface area contributed by atoms with Crippen LogP contribution >= 0.6 is 0 Å². The fourth-order valence-electron chi connectivity index (χ4n) is 1.15. The molecular weight excluding hydrogens is 212 g/mol. The Balaban J connectivity index is 3.00. The van der Waals surface area contributed by atoms with Gasteiger partial charge in [-0.3, -0.25) is 4.31 Å². The predicted octanol–water partition coefficient (Wildman–Crippen LogP) is 1.15. The highest BCUT2D eigenvalue weighted by molar-refractivity contribution is 7.92. The summed E-state index contributed by atoms with van der Waals surface area (Å²) in [5, 5.41) is 0. The highest BCUT2D eigenvalue weighted by Gasteiger charge is 2.11. The Kier molecular flexibility index (Phi) is 3.24. The van der Waals surface area contributed by atoms with Crippen LogP contribution in [0.3, 0.4) is 0 Å². The molecule has 15 heavy (non-hydrogen) atoms. The van der Waals surface area contributed by atoms with Crippen LogP contribution in [0, 0.1) is 0 Å². The molecule has 0 N–H and O–H groups in total. The molecule has 0 bridgehead atoms. The Bertz CT molecular complexity index is 423. The summed E-state index contributed by atoms with van der Waals surface area (Å²) in [6.45, 7) is 0. The van der Waals surface area contributed by atoms with E-state index < -0.39 is 10.0 Å². The summed E-state index contributed by atoms with van der Waals surface area (Å²) in [6.07, 6.45) is 1.19. The molecule has 1 aromatic carbocycles. The zero-order valence-corrected chi connectivity index (χ0v) is 10.2. The van der Waals surface area contributed by atoms with Gasteiger partial charge in [-0.1, -0.05) is 0 Å². The molecule has 0 saturated carbocycles. The van der Waals surface area contributed by atoms with Crippen molar-refractivity contribution in [2.45, 2.75) is 0 Å². The molecular formula is C10H16N2O2S. The Morgan fingerprint density at radius 2 is 1.33 bits per heavy atom. The Hall–Kier alpha value is -1.23. The third-order valence-corrected chi connectivity index (χ3v) is 3.43. The summed E-state index contributed by atoms with van der Waals surface area (Å²) in [5.41, 5.74) is 1.71. The minimum Gasteiger partial charge on any atom is -0.378 e. The number of rotatable bonds is 3. The number of benzene rings is 1. The number of anilines is 2. The van der Waals surface area contributed by atoms with Gasteiger partial charge in [0.1, 0.15) is 0 Å². The molecule has 0 radical (unpaired) electrons. The smallest absolute Gasteiger partial charge is 0.231 e. The number of sulfonamides is 1. The molecule has 0 amide bonds. The second-order valence-electron chi connectivity index (χ2n) is 3.64. The molecule has 0 unspecified atom stereocenters. The molecule has 1 rings (SSSR count). The van der Waals surface area contributed by atoms with Gasteiger partial charge in [-0.2, -0.15) is 0 Å². The van der Waals surface area contributed by atoms with E-state index in [0.717, 1.165) is 5.69 Å². The predicted molar refractivity (Wildman–Crippen MR) is 64.0 cm³/mol. The first-order valence-corrected chi connectivity index (χ1v) is 6.38. The maximum atomic E-state index is 11.3. The van der Waals surface area contributed by atoms with Crippen LogP contribution < -0.4 is 9.21 Å². The van der Waals surface area contributed by atoms with Crippen molar-refractivity contribution in [3.8, 4) is 0 Å². The maximum Gasteiger partial charge on any atom is 0.231 e. The molecule has 0 saturated heterocycles. The van der Waals surface area contributed by atoms with E-state index >= 15 is 0 Å². The first-order valence-electron chi connectivity index (χ1n) is 4.53. The topological polar surface area (TPSA) is 40.6 Å². The molecule has 0 aliphatic rings. The zero-order valence-electron chi connectivity index (χ0n) is 9.43. The van der Waals surface area contributed by atoms with E-state index in [0.29, 0.717) is 5.69 Å². The van der Waals surface area contributed by atoms with Crippen LogP contribution in [0.1, 0.15) is 0 Å². The minimum atomic E-state index is -3.17. The molecule has 0 aliphatic carbocycles. The molecule has 0 heterocycles. The SMILES string of the molecule is CN(C)c1ccc(N(C)S(C)(=O)=O)cc1. The monoisotopic (exact) mass is 228 g/mol. The van der Waals surface area contributed by atoms with Crippen LogP contribution in [0.4, 0.5) is 11.4 Å². The van der Waals surface area contributed by atoms with E-state index in [2.05, 4.69) is 0 Å². The number of hydrogen-bond acceptors (Lipinski definition) is 3. The van der Waals surface area contributed by atoms with Gasteiger partial charge in [0.05, 0.1) is 11.9 Å². The zero-order chi connectivity index (χ0) is 11.6. The lowest BCUT2D eigenvalue weighted by atomic mass is 10.3. The number of hydrogen-bond donors (Lipinski definition) is 0. The molecule has 84 valence electrons. The lowest BCUT2D eigenvalue weighted by Crippen LogP contribution is -2.24. The van der Waals surface area contributed by atoms with Gasteiger partial charge in [-0.25, -0.2) is 8.42 Å². The summed E-state index contributed by atoms with van der Waals surface area (Å²) < 4.78 is 23.8. The van der Waals surface area contributed by atoms with Gasteiger partial charge in [0.25, 0.3) is 0 Å². The average molecular weight is 228 g/mol. The van der Waals surface area contributed by atoms with E-state index in [9.17, 15) is 8.42 Å². The molecule has 0 spiro atoms. The summed E-state index contributed by atoms with van der Waals surface area (Å²) in [5.74, 6) is 0. The quantitative estimate of drug-likeness (QED) is 0.779. The van der Waals surface area contributed by atoms with Crippen LogP contribution in [0.5, 0.6) is 0 Å². The van der Waals surface area contributed by atoms with Crippen LogP contribution in [0.2, 0.25) is 0 Å². The van der Waals surface area contributed by atoms with Crippen molar-refractivity contribution >= 4 is 21.4 Å². The first kappa shape index (κ1) is 11.8. The fourth-order valence-corrected chi connectivity index (χ4v) is 1.66. The summed E-state index contributed by atoms with van der Waals surface area (Å²) in [6, 6.07) is 7.35. The lowest BCUT2D eigenvalue weighted by Gasteiger charge is -2.18. The van der Waals surface area contributed by atoms with Crippen molar-refractivity contribution in [2.75, 3.05) is 36.6 Å². The van der Waals surface area contributed by atoms with Gasteiger partial charge < -0.3 is 4.90 Å². The summed E-state index contributed by atoms with van der Waals surface area (Å²) in [4.78, 5) is 1.96. The van der Waals surface area contributed by atoms with Crippen molar-refractivity contribution in [3.63, 3.8) is 0 Å². The third-order valence-electron chi connectivity index (χ3n) is 2.23. The Labute approximate surface area is 91.2 Å². The highest BCUT2D eigenvalue weighted by atomic mass is 32.2. The third kappa shape index (κ3) is 2.86.